The van der Waals surface area contributed by atoms with Crippen LogP contribution in [0, 0.1) is 0 Å². The number of hydrogen-bond donors (Lipinski definition) is 0. The van der Waals surface area contributed by atoms with E-state index in [-0.39, 0.29) is 0 Å². The number of anilines is 1. The van der Waals surface area contributed by atoms with Crippen LogP contribution in [-0.2, 0) is 13.0 Å². The molecule has 0 fully saturated rings. The highest BCUT2D eigenvalue weighted by atomic mass is 79.9. The quantitative estimate of drug-likeness (QED) is 0.679. The van der Waals surface area contributed by atoms with Crippen molar-refractivity contribution >= 4 is 49.0 Å². The Kier molecular flexibility index (Phi) is 5.36. The van der Waals surface area contributed by atoms with Crippen molar-refractivity contribution in [3.8, 4) is 0 Å². The molecule has 2 rings (SSSR count). The molecule has 0 aliphatic heterocycles. The minimum Gasteiger partial charge on any atom is -0.354 e. The summed E-state index contributed by atoms with van der Waals surface area (Å²) in [6, 6.07) is 4.10. The van der Waals surface area contributed by atoms with E-state index in [1.54, 1.807) is 11.3 Å². The molecule has 0 atom stereocenters. The van der Waals surface area contributed by atoms with Crippen LogP contribution in [0.15, 0.2) is 26.6 Å². The molecule has 2 heterocycles. The summed E-state index contributed by atoms with van der Waals surface area (Å²) in [5.41, 5.74) is 0. The van der Waals surface area contributed by atoms with Crippen LogP contribution >= 0.6 is 43.2 Å². The van der Waals surface area contributed by atoms with Gasteiger partial charge in [-0.1, -0.05) is 6.92 Å². The van der Waals surface area contributed by atoms with Crippen LogP contribution in [0.2, 0.25) is 0 Å². The van der Waals surface area contributed by atoms with Gasteiger partial charge in [0, 0.05) is 34.3 Å². The van der Waals surface area contributed by atoms with E-state index < -0.39 is 0 Å². The standard InChI is InChI=1S/C13H15Br2N3S/c1-3-4-12-16-11(15)6-13(17-12)18(2)7-10-5-9(14)8-19-10/h5-6,8H,3-4,7H2,1-2H3. The van der Waals surface area contributed by atoms with Gasteiger partial charge in [-0.15, -0.1) is 11.3 Å². The lowest BCUT2D eigenvalue weighted by molar-refractivity contribution is 0.809. The van der Waals surface area contributed by atoms with Crippen molar-refractivity contribution in [3.05, 3.63) is 37.3 Å². The van der Waals surface area contributed by atoms with E-state index in [1.165, 1.54) is 4.88 Å². The summed E-state index contributed by atoms with van der Waals surface area (Å²) in [6.45, 7) is 2.99. The largest absolute Gasteiger partial charge is 0.354 e. The molecule has 0 unspecified atom stereocenters. The molecule has 0 aliphatic carbocycles. The van der Waals surface area contributed by atoms with E-state index in [1.807, 2.05) is 6.07 Å². The first-order chi connectivity index (χ1) is 9.08. The molecule has 6 heteroatoms. The first-order valence-electron chi connectivity index (χ1n) is 6.06. The van der Waals surface area contributed by atoms with Crippen LogP contribution in [0.25, 0.3) is 0 Å². The second-order valence-electron chi connectivity index (χ2n) is 4.30. The number of aromatic nitrogens is 2. The van der Waals surface area contributed by atoms with E-state index in [0.717, 1.165) is 40.1 Å². The Balaban J connectivity index is 2.15. The van der Waals surface area contributed by atoms with Crippen molar-refractivity contribution < 1.29 is 0 Å². The topological polar surface area (TPSA) is 29.0 Å². The van der Waals surface area contributed by atoms with E-state index in [0.29, 0.717) is 0 Å². The van der Waals surface area contributed by atoms with Crippen LogP contribution in [-0.4, -0.2) is 17.0 Å². The minimum absolute atomic E-state index is 0.847. The smallest absolute Gasteiger partial charge is 0.133 e. The van der Waals surface area contributed by atoms with E-state index in [2.05, 4.69) is 72.1 Å². The predicted molar refractivity (Wildman–Crippen MR) is 87.9 cm³/mol. The minimum atomic E-state index is 0.847. The van der Waals surface area contributed by atoms with Crippen LogP contribution in [0.5, 0.6) is 0 Å². The monoisotopic (exact) mass is 403 g/mol. The molecule has 0 radical (unpaired) electrons. The third kappa shape index (κ3) is 4.26. The van der Waals surface area contributed by atoms with Gasteiger partial charge in [0.1, 0.15) is 16.2 Å². The first kappa shape index (κ1) is 14.9. The van der Waals surface area contributed by atoms with Crippen molar-refractivity contribution in [2.75, 3.05) is 11.9 Å². The molecular formula is C13H15Br2N3S. The van der Waals surface area contributed by atoms with Gasteiger partial charge in [0.25, 0.3) is 0 Å². The van der Waals surface area contributed by atoms with E-state index in [4.69, 9.17) is 0 Å². The normalized spacial score (nSPS) is 10.7. The molecule has 2 aromatic heterocycles. The molecular weight excluding hydrogens is 390 g/mol. The van der Waals surface area contributed by atoms with Gasteiger partial charge in [0.15, 0.2) is 0 Å². The number of aryl methyl sites for hydroxylation is 1. The molecule has 0 spiro atoms. The van der Waals surface area contributed by atoms with Gasteiger partial charge in [0.05, 0.1) is 6.54 Å². The summed E-state index contributed by atoms with van der Waals surface area (Å²) < 4.78 is 1.98. The maximum absolute atomic E-state index is 4.60. The molecule has 102 valence electrons. The lowest BCUT2D eigenvalue weighted by atomic mass is 10.3. The van der Waals surface area contributed by atoms with E-state index in [9.17, 15) is 0 Å². The van der Waals surface area contributed by atoms with Crippen LogP contribution in [0.1, 0.15) is 24.0 Å². The van der Waals surface area contributed by atoms with Crippen molar-refractivity contribution in [1.29, 1.82) is 0 Å². The van der Waals surface area contributed by atoms with Crippen molar-refractivity contribution in [3.63, 3.8) is 0 Å². The lowest BCUT2D eigenvalue weighted by Crippen LogP contribution is -2.18. The Morgan fingerprint density at radius 1 is 1.26 bits per heavy atom. The summed E-state index contributed by atoms with van der Waals surface area (Å²) in [5.74, 6) is 1.85. The Morgan fingerprint density at radius 2 is 2.05 bits per heavy atom. The van der Waals surface area contributed by atoms with Crippen LogP contribution in [0.4, 0.5) is 5.82 Å². The van der Waals surface area contributed by atoms with Gasteiger partial charge in [-0.05, 0) is 44.3 Å². The van der Waals surface area contributed by atoms with Gasteiger partial charge >= 0.3 is 0 Å². The zero-order valence-electron chi connectivity index (χ0n) is 10.9. The van der Waals surface area contributed by atoms with Crippen molar-refractivity contribution in [1.82, 2.24) is 9.97 Å². The fourth-order valence-electron chi connectivity index (χ4n) is 1.73. The molecule has 0 N–H and O–H groups in total. The van der Waals surface area contributed by atoms with Gasteiger partial charge in [-0.3, -0.25) is 0 Å². The molecule has 0 amide bonds. The third-order valence-corrected chi connectivity index (χ3v) is 4.70. The summed E-state index contributed by atoms with van der Waals surface area (Å²) in [7, 11) is 2.05. The SMILES string of the molecule is CCCc1nc(Br)cc(N(C)Cc2cc(Br)cs2)n1. The molecule has 19 heavy (non-hydrogen) atoms. The molecule has 0 saturated heterocycles. The van der Waals surface area contributed by atoms with E-state index >= 15 is 0 Å². The molecule has 0 saturated carbocycles. The second kappa shape index (κ2) is 6.81. The second-order valence-corrected chi connectivity index (χ2v) is 7.03. The molecule has 0 aromatic carbocycles. The highest BCUT2D eigenvalue weighted by Gasteiger charge is 2.09. The Morgan fingerprint density at radius 3 is 2.68 bits per heavy atom. The Bertz CT molecular complexity index is 557. The summed E-state index contributed by atoms with van der Waals surface area (Å²) in [6.07, 6.45) is 1.96. The van der Waals surface area contributed by atoms with Crippen molar-refractivity contribution in [2.45, 2.75) is 26.3 Å². The number of rotatable bonds is 5. The molecule has 0 bridgehead atoms. The lowest BCUT2D eigenvalue weighted by Gasteiger charge is -2.18. The number of halogens is 2. The van der Waals surface area contributed by atoms with Gasteiger partial charge in [-0.2, -0.15) is 0 Å². The Hall–Kier alpha value is -0.460. The maximum Gasteiger partial charge on any atom is 0.133 e. The zero-order chi connectivity index (χ0) is 13.8. The number of hydrogen-bond acceptors (Lipinski definition) is 4. The van der Waals surface area contributed by atoms with Gasteiger partial charge in [0.2, 0.25) is 0 Å². The Labute approximate surface area is 134 Å². The highest BCUT2D eigenvalue weighted by molar-refractivity contribution is 9.10. The van der Waals surface area contributed by atoms with Crippen LogP contribution < -0.4 is 4.90 Å². The van der Waals surface area contributed by atoms with Gasteiger partial charge in [-0.25, -0.2) is 9.97 Å². The predicted octanol–water partition coefficient (Wildman–Crippen LogP) is 4.65. The third-order valence-electron chi connectivity index (χ3n) is 2.61. The average molecular weight is 405 g/mol. The first-order valence-corrected chi connectivity index (χ1v) is 8.52. The summed E-state index contributed by atoms with van der Waals surface area (Å²) >= 11 is 8.69. The molecule has 0 aliphatic rings. The zero-order valence-corrected chi connectivity index (χ0v) is 14.8. The number of nitrogens with zero attached hydrogens (tertiary/aromatic N) is 3. The number of thiophene rings is 1. The fraction of sp³-hybridized carbons (Fsp3) is 0.385. The van der Waals surface area contributed by atoms with Crippen LogP contribution in [0.3, 0.4) is 0 Å². The average Bonchev–Trinajstić information content (AvgIpc) is 2.74. The highest BCUT2D eigenvalue weighted by Crippen LogP contribution is 2.23. The maximum atomic E-state index is 4.60. The molecule has 3 nitrogen and oxygen atoms in total. The van der Waals surface area contributed by atoms with Crippen molar-refractivity contribution in [2.24, 2.45) is 0 Å². The summed E-state index contributed by atoms with van der Waals surface area (Å²) in [5, 5.41) is 2.10. The fourth-order valence-corrected chi connectivity index (χ4v) is 3.65. The molecule has 2 aromatic rings. The van der Waals surface area contributed by atoms with Gasteiger partial charge < -0.3 is 4.90 Å². The summed E-state index contributed by atoms with van der Waals surface area (Å²) in [4.78, 5) is 12.4.